The highest BCUT2D eigenvalue weighted by molar-refractivity contribution is 5.79. The highest BCUT2D eigenvalue weighted by Gasteiger charge is 2.48. The Morgan fingerprint density at radius 2 is 1.76 bits per heavy atom. The number of rotatable bonds is 2. The Morgan fingerprint density at radius 1 is 1.06 bits per heavy atom. The van der Waals surface area contributed by atoms with Gasteiger partial charge in [-0.05, 0) is 49.9 Å². The molecule has 1 amide bonds. The predicted molar refractivity (Wildman–Crippen MR) is 68.5 cm³/mol. The second kappa shape index (κ2) is 4.29. The third kappa shape index (κ3) is 2.23. The summed E-state index contributed by atoms with van der Waals surface area (Å²) in [5.74, 6) is 3.48. The van der Waals surface area contributed by atoms with Gasteiger partial charge < -0.3 is 4.90 Å². The fraction of sp³-hybridized carbons (Fsp3) is 0.933. The summed E-state index contributed by atoms with van der Waals surface area (Å²) >= 11 is 0. The second-order valence-electron chi connectivity index (χ2n) is 6.80. The first kappa shape index (κ1) is 11.6. The van der Waals surface area contributed by atoms with E-state index in [9.17, 15) is 4.79 Å². The van der Waals surface area contributed by atoms with E-state index in [1.165, 1.54) is 44.9 Å². The van der Waals surface area contributed by atoms with Crippen LogP contribution < -0.4 is 0 Å². The molecule has 3 saturated carbocycles. The first-order valence-corrected chi connectivity index (χ1v) is 7.41. The number of amides is 1. The van der Waals surface area contributed by atoms with Gasteiger partial charge in [0, 0.05) is 19.0 Å². The van der Waals surface area contributed by atoms with Crippen molar-refractivity contribution in [2.45, 2.75) is 57.9 Å². The number of nitrogens with zero attached hydrogens (tertiary/aromatic N) is 1. The van der Waals surface area contributed by atoms with E-state index in [0.717, 1.165) is 17.8 Å². The molecule has 3 aliphatic carbocycles. The maximum atomic E-state index is 12.4. The molecule has 2 heteroatoms. The zero-order valence-corrected chi connectivity index (χ0v) is 11.2. The highest BCUT2D eigenvalue weighted by atomic mass is 16.2. The molecule has 3 aliphatic rings. The molecule has 0 aromatic carbocycles. The van der Waals surface area contributed by atoms with Crippen molar-refractivity contribution in [3.05, 3.63) is 0 Å². The van der Waals surface area contributed by atoms with Gasteiger partial charge in [-0.1, -0.05) is 19.8 Å². The van der Waals surface area contributed by atoms with Gasteiger partial charge >= 0.3 is 0 Å². The quantitative estimate of drug-likeness (QED) is 0.720. The highest BCUT2D eigenvalue weighted by Crippen LogP contribution is 2.54. The zero-order chi connectivity index (χ0) is 12.0. The van der Waals surface area contributed by atoms with Crippen molar-refractivity contribution in [1.82, 2.24) is 4.90 Å². The van der Waals surface area contributed by atoms with E-state index in [0.29, 0.717) is 17.9 Å². The number of hydrogen-bond donors (Lipinski definition) is 0. The maximum absolute atomic E-state index is 12.4. The van der Waals surface area contributed by atoms with Crippen LogP contribution in [0.5, 0.6) is 0 Å². The minimum atomic E-state index is 0.376. The smallest absolute Gasteiger partial charge is 0.225 e. The number of carbonyl (C=O) groups excluding carboxylic acids is 1. The normalized spacial score (nSPS) is 44.2. The van der Waals surface area contributed by atoms with Crippen LogP contribution >= 0.6 is 0 Å². The SMILES string of the molecule is CC1CCCC(N(C)C(=O)C2CC3CC3C2)C1. The van der Waals surface area contributed by atoms with Crippen molar-refractivity contribution in [3.8, 4) is 0 Å². The lowest BCUT2D eigenvalue weighted by atomic mass is 9.86. The Kier molecular flexibility index (Phi) is 2.92. The van der Waals surface area contributed by atoms with E-state index in [-0.39, 0.29) is 0 Å². The minimum Gasteiger partial charge on any atom is -0.343 e. The third-order valence-corrected chi connectivity index (χ3v) is 5.40. The molecular formula is C15H25NO. The summed E-state index contributed by atoms with van der Waals surface area (Å²) in [6.45, 7) is 2.33. The van der Waals surface area contributed by atoms with Crippen LogP contribution in [0.25, 0.3) is 0 Å². The molecule has 96 valence electrons. The molecule has 0 saturated heterocycles. The summed E-state index contributed by atoms with van der Waals surface area (Å²) in [6, 6.07) is 0.531. The lowest BCUT2D eigenvalue weighted by molar-refractivity contribution is -0.137. The molecule has 2 nitrogen and oxygen atoms in total. The topological polar surface area (TPSA) is 20.3 Å². The number of fused-ring (bicyclic) bond motifs is 1. The van der Waals surface area contributed by atoms with Gasteiger partial charge in [0.25, 0.3) is 0 Å². The average molecular weight is 235 g/mol. The van der Waals surface area contributed by atoms with Gasteiger partial charge in [0.1, 0.15) is 0 Å². The molecule has 0 N–H and O–H groups in total. The maximum Gasteiger partial charge on any atom is 0.225 e. The largest absolute Gasteiger partial charge is 0.343 e. The van der Waals surface area contributed by atoms with Crippen molar-refractivity contribution in [1.29, 1.82) is 0 Å². The summed E-state index contributed by atoms with van der Waals surface area (Å²) in [5, 5.41) is 0. The molecule has 0 spiro atoms. The first-order chi connectivity index (χ1) is 8.15. The van der Waals surface area contributed by atoms with Crippen LogP contribution in [0.2, 0.25) is 0 Å². The summed E-state index contributed by atoms with van der Waals surface area (Å²) in [7, 11) is 2.05. The van der Waals surface area contributed by atoms with Crippen LogP contribution in [0, 0.1) is 23.7 Å². The Labute approximate surface area is 105 Å². The Bertz CT molecular complexity index is 304. The van der Waals surface area contributed by atoms with Gasteiger partial charge in [-0.25, -0.2) is 0 Å². The molecule has 17 heavy (non-hydrogen) atoms. The van der Waals surface area contributed by atoms with Crippen LogP contribution in [0.4, 0.5) is 0 Å². The van der Waals surface area contributed by atoms with Gasteiger partial charge in [0.05, 0.1) is 0 Å². The standard InChI is InChI=1S/C15H25NO/c1-10-4-3-5-14(6-10)16(2)15(17)13-8-11-7-12(11)9-13/h10-14H,3-9H2,1-2H3. The second-order valence-corrected chi connectivity index (χ2v) is 6.80. The Balaban J connectivity index is 1.57. The van der Waals surface area contributed by atoms with Gasteiger partial charge in [0.2, 0.25) is 5.91 Å². The molecular weight excluding hydrogens is 210 g/mol. The number of hydrogen-bond acceptors (Lipinski definition) is 1. The number of carbonyl (C=O) groups is 1. The molecule has 3 fully saturated rings. The molecule has 3 rings (SSSR count). The van der Waals surface area contributed by atoms with Crippen LogP contribution in [-0.4, -0.2) is 23.9 Å². The Hall–Kier alpha value is -0.530. The molecule has 0 bridgehead atoms. The fourth-order valence-electron chi connectivity index (χ4n) is 4.14. The average Bonchev–Trinajstić information content (AvgIpc) is 2.94. The first-order valence-electron chi connectivity index (χ1n) is 7.41. The molecule has 4 unspecified atom stereocenters. The molecule has 0 aromatic heterocycles. The van der Waals surface area contributed by atoms with E-state index < -0.39 is 0 Å². The van der Waals surface area contributed by atoms with Gasteiger partial charge in [-0.15, -0.1) is 0 Å². The fourth-order valence-corrected chi connectivity index (χ4v) is 4.14. The van der Waals surface area contributed by atoms with Crippen LogP contribution in [0.3, 0.4) is 0 Å². The van der Waals surface area contributed by atoms with E-state index >= 15 is 0 Å². The van der Waals surface area contributed by atoms with Gasteiger partial charge in [0.15, 0.2) is 0 Å². The lowest BCUT2D eigenvalue weighted by Gasteiger charge is -2.35. The van der Waals surface area contributed by atoms with Crippen LogP contribution in [-0.2, 0) is 4.79 Å². The monoisotopic (exact) mass is 235 g/mol. The third-order valence-electron chi connectivity index (χ3n) is 5.40. The van der Waals surface area contributed by atoms with Crippen molar-refractivity contribution in [2.75, 3.05) is 7.05 Å². The van der Waals surface area contributed by atoms with E-state index in [1.54, 1.807) is 0 Å². The van der Waals surface area contributed by atoms with Crippen molar-refractivity contribution in [2.24, 2.45) is 23.7 Å². The van der Waals surface area contributed by atoms with Crippen molar-refractivity contribution in [3.63, 3.8) is 0 Å². The van der Waals surface area contributed by atoms with Crippen LogP contribution in [0.15, 0.2) is 0 Å². The van der Waals surface area contributed by atoms with E-state index in [1.807, 2.05) is 0 Å². The minimum absolute atomic E-state index is 0.376. The van der Waals surface area contributed by atoms with Gasteiger partial charge in [-0.3, -0.25) is 4.79 Å². The predicted octanol–water partition coefficient (Wildman–Crippen LogP) is 3.07. The summed E-state index contributed by atoms with van der Waals surface area (Å²) < 4.78 is 0. The molecule has 0 radical (unpaired) electrons. The lowest BCUT2D eigenvalue weighted by Crippen LogP contribution is -2.42. The summed E-state index contributed by atoms with van der Waals surface area (Å²) in [6.07, 6.45) is 8.90. The Morgan fingerprint density at radius 3 is 2.41 bits per heavy atom. The molecule has 4 atom stereocenters. The molecule has 0 aliphatic heterocycles. The summed E-state index contributed by atoms with van der Waals surface area (Å²) in [5.41, 5.74) is 0. The molecule has 0 heterocycles. The van der Waals surface area contributed by atoms with Crippen molar-refractivity contribution < 1.29 is 4.79 Å². The van der Waals surface area contributed by atoms with Gasteiger partial charge in [-0.2, -0.15) is 0 Å². The van der Waals surface area contributed by atoms with E-state index in [2.05, 4.69) is 18.9 Å². The van der Waals surface area contributed by atoms with Crippen molar-refractivity contribution >= 4 is 5.91 Å². The summed E-state index contributed by atoms with van der Waals surface area (Å²) in [4.78, 5) is 14.5. The molecule has 0 aromatic rings. The zero-order valence-electron chi connectivity index (χ0n) is 11.2. The van der Waals surface area contributed by atoms with E-state index in [4.69, 9.17) is 0 Å². The van der Waals surface area contributed by atoms with Crippen LogP contribution in [0.1, 0.15) is 51.9 Å².